The molecule has 2 amide bonds. The molecular formula is C15H22N4O6S. The van der Waals surface area contributed by atoms with Gasteiger partial charge in [0.05, 0.1) is 0 Å². The van der Waals surface area contributed by atoms with E-state index in [0.29, 0.717) is 0 Å². The van der Waals surface area contributed by atoms with Crippen molar-refractivity contribution < 1.29 is 27.9 Å². The maximum atomic E-state index is 12.3. The van der Waals surface area contributed by atoms with E-state index in [1.54, 1.807) is 0 Å². The fourth-order valence-electron chi connectivity index (χ4n) is 2.05. The van der Waals surface area contributed by atoms with Crippen molar-refractivity contribution in [3.63, 3.8) is 0 Å². The average molecular weight is 386 g/mol. The van der Waals surface area contributed by atoms with Gasteiger partial charge in [0.2, 0.25) is 21.8 Å². The van der Waals surface area contributed by atoms with Gasteiger partial charge in [-0.15, -0.1) is 0 Å². The molecule has 11 heteroatoms. The molecule has 0 aliphatic carbocycles. The van der Waals surface area contributed by atoms with E-state index in [4.69, 9.17) is 5.11 Å². The summed E-state index contributed by atoms with van der Waals surface area (Å²) >= 11 is 0. The van der Waals surface area contributed by atoms with Crippen molar-refractivity contribution in [1.82, 2.24) is 19.9 Å². The van der Waals surface area contributed by atoms with Crippen molar-refractivity contribution >= 4 is 27.8 Å². The SMILES string of the molecule is CC(=O)NCCN(C(=O)CCNS(=O)(=O)c1cccnc1)C(C)C(=O)O. The van der Waals surface area contributed by atoms with Crippen LogP contribution in [-0.2, 0) is 24.4 Å². The first kappa shape index (κ1) is 21.5. The van der Waals surface area contributed by atoms with Crippen LogP contribution in [0.25, 0.3) is 0 Å². The van der Waals surface area contributed by atoms with Gasteiger partial charge in [0.25, 0.3) is 0 Å². The number of aromatic nitrogens is 1. The number of hydrogen-bond acceptors (Lipinski definition) is 6. The van der Waals surface area contributed by atoms with E-state index in [9.17, 15) is 22.8 Å². The minimum atomic E-state index is -3.80. The van der Waals surface area contributed by atoms with E-state index in [2.05, 4.69) is 15.0 Å². The van der Waals surface area contributed by atoms with Crippen LogP contribution in [0.3, 0.4) is 0 Å². The van der Waals surface area contributed by atoms with Crippen LogP contribution in [0, 0.1) is 0 Å². The molecule has 0 aliphatic rings. The number of pyridine rings is 1. The van der Waals surface area contributed by atoms with Crippen LogP contribution in [0.1, 0.15) is 20.3 Å². The summed E-state index contributed by atoms with van der Waals surface area (Å²) in [5, 5.41) is 11.6. The number of amides is 2. The molecule has 1 rings (SSSR count). The fourth-order valence-corrected chi connectivity index (χ4v) is 3.04. The Morgan fingerprint density at radius 1 is 1.31 bits per heavy atom. The number of carbonyl (C=O) groups excluding carboxylic acids is 2. The van der Waals surface area contributed by atoms with E-state index in [1.165, 1.54) is 38.4 Å². The number of carbonyl (C=O) groups is 3. The van der Waals surface area contributed by atoms with Crippen LogP contribution >= 0.6 is 0 Å². The molecule has 26 heavy (non-hydrogen) atoms. The van der Waals surface area contributed by atoms with E-state index < -0.39 is 27.9 Å². The topological polar surface area (TPSA) is 146 Å². The molecule has 0 radical (unpaired) electrons. The zero-order chi connectivity index (χ0) is 19.7. The maximum Gasteiger partial charge on any atom is 0.326 e. The normalized spacial score (nSPS) is 12.2. The van der Waals surface area contributed by atoms with Gasteiger partial charge in [-0.3, -0.25) is 14.6 Å². The second kappa shape index (κ2) is 9.82. The lowest BCUT2D eigenvalue weighted by atomic mass is 10.2. The van der Waals surface area contributed by atoms with E-state index in [1.807, 2.05) is 0 Å². The Kier molecular flexibility index (Phi) is 8.13. The zero-order valence-electron chi connectivity index (χ0n) is 14.5. The molecule has 1 unspecified atom stereocenters. The first-order chi connectivity index (χ1) is 12.1. The summed E-state index contributed by atoms with van der Waals surface area (Å²) in [6, 6.07) is 1.73. The van der Waals surface area contributed by atoms with Crippen LogP contribution in [0.15, 0.2) is 29.4 Å². The van der Waals surface area contributed by atoms with Crippen molar-refractivity contribution in [3.8, 4) is 0 Å². The number of rotatable bonds is 10. The first-order valence-corrected chi connectivity index (χ1v) is 9.30. The number of sulfonamides is 1. The Hall–Kier alpha value is -2.53. The van der Waals surface area contributed by atoms with Crippen molar-refractivity contribution in [2.24, 2.45) is 0 Å². The maximum absolute atomic E-state index is 12.3. The van der Waals surface area contributed by atoms with Gasteiger partial charge in [-0.05, 0) is 19.1 Å². The van der Waals surface area contributed by atoms with Crippen molar-refractivity contribution in [1.29, 1.82) is 0 Å². The van der Waals surface area contributed by atoms with Gasteiger partial charge in [-0.1, -0.05) is 0 Å². The monoisotopic (exact) mass is 386 g/mol. The van der Waals surface area contributed by atoms with E-state index in [-0.39, 0.29) is 36.9 Å². The number of hydrogen-bond donors (Lipinski definition) is 3. The summed E-state index contributed by atoms with van der Waals surface area (Å²) in [5.41, 5.74) is 0. The fraction of sp³-hybridized carbons (Fsp3) is 0.467. The minimum absolute atomic E-state index is 0.00123. The highest BCUT2D eigenvalue weighted by molar-refractivity contribution is 7.89. The second-order valence-corrected chi connectivity index (χ2v) is 7.19. The van der Waals surface area contributed by atoms with Crippen molar-refractivity contribution in [2.45, 2.75) is 31.2 Å². The highest BCUT2D eigenvalue weighted by Crippen LogP contribution is 2.06. The molecule has 3 N–H and O–H groups in total. The summed E-state index contributed by atoms with van der Waals surface area (Å²) in [6.07, 6.45) is 2.39. The number of aliphatic carboxylic acids is 1. The van der Waals surface area contributed by atoms with Crippen LogP contribution < -0.4 is 10.0 Å². The van der Waals surface area contributed by atoms with E-state index >= 15 is 0 Å². The van der Waals surface area contributed by atoms with Gasteiger partial charge in [0, 0.05) is 45.4 Å². The third kappa shape index (κ3) is 6.76. The molecule has 0 aliphatic heterocycles. The standard InChI is InChI=1S/C15H22N4O6S/c1-11(15(22)23)19(9-8-17-12(2)20)14(21)5-7-18-26(24,25)13-4-3-6-16-10-13/h3-4,6,10-11,18H,5,7-9H2,1-2H3,(H,17,20)(H,22,23). The lowest BCUT2D eigenvalue weighted by Crippen LogP contribution is -2.47. The molecule has 0 aromatic carbocycles. The van der Waals surface area contributed by atoms with Crippen molar-refractivity contribution in [2.75, 3.05) is 19.6 Å². The van der Waals surface area contributed by atoms with Gasteiger partial charge in [0.1, 0.15) is 10.9 Å². The predicted octanol–water partition coefficient (Wildman–Crippen LogP) is -0.812. The summed E-state index contributed by atoms with van der Waals surface area (Å²) in [7, 11) is -3.80. The van der Waals surface area contributed by atoms with Gasteiger partial charge >= 0.3 is 5.97 Å². The van der Waals surface area contributed by atoms with Crippen LogP contribution in [-0.4, -0.2) is 66.9 Å². The molecular weight excluding hydrogens is 364 g/mol. The Balaban J connectivity index is 2.65. The number of nitrogens with one attached hydrogen (secondary N) is 2. The molecule has 10 nitrogen and oxygen atoms in total. The summed E-state index contributed by atoms with van der Waals surface area (Å²) in [6.45, 7) is 2.55. The van der Waals surface area contributed by atoms with Gasteiger partial charge in [-0.25, -0.2) is 17.9 Å². The first-order valence-electron chi connectivity index (χ1n) is 7.81. The zero-order valence-corrected chi connectivity index (χ0v) is 15.3. The smallest absolute Gasteiger partial charge is 0.326 e. The quantitative estimate of drug-likeness (QED) is 0.476. The lowest BCUT2D eigenvalue weighted by Gasteiger charge is -2.26. The molecule has 1 heterocycles. The Bertz CT molecular complexity index is 738. The molecule has 144 valence electrons. The highest BCUT2D eigenvalue weighted by atomic mass is 32.2. The Labute approximate surface area is 151 Å². The minimum Gasteiger partial charge on any atom is -0.480 e. The molecule has 0 spiro atoms. The summed E-state index contributed by atoms with van der Waals surface area (Å²) in [5.74, 6) is -2.04. The largest absolute Gasteiger partial charge is 0.480 e. The molecule has 1 aromatic heterocycles. The number of carboxylic acids is 1. The highest BCUT2D eigenvalue weighted by Gasteiger charge is 2.25. The number of nitrogens with zero attached hydrogens (tertiary/aromatic N) is 2. The van der Waals surface area contributed by atoms with Gasteiger partial charge < -0.3 is 15.3 Å². The molecule has 0 saturated carbocycles. The summed E-state index contributed by atoms with van der Waals surface area (Å²) in [4.78, 5) is 39.1. The molecule has 0 fully saturated rings. The van der Waals surface area contributed by atoms with Crippen LogP contribution in [0.2, 0.25) is 0 Å². The Morgan fingerprint density at radius 2 is 2.00 bits per heavy atom. The second-order valence-electron chi connectivity index (χ2n) is 5.42. The average Bonchev–Trinajstić information content (AvgIpc) is 2.58. The van der Waals surface area contributed by atoms with Gasteiger partial charge in [0.15, 0.2) is 0 Å². The summed E-state index contributed by atoms with van der Waals surface area (Å²) < 4.78 is 26.4. The van der Waals surface area contributed by atoms with E-state index in [0.717, 1.165) is 4.90 Å². The van der Waals surface area contributed by atoms with Crippen LogP contribution in [0.4, 0.5) is 0 Å². The van der Waals surface area contributed by atoms with Crippen molar-refractivity contribution in [3.05, 3.63) is 24.5 Å². The third-order valence-corrected chi connectivity index (χ3v) is 4.89. The third-order valence-electron chi connectivity index (χ3n) is 3.45. The van der Waals surface area contributed by atoms with Crippen LogP contribution in [0.5, 0.6) is 0 Å². The molecule has 0 saturated heterocycles. The lowest BCUT2D eigenvalue weighted by molar-refractivity contribution is -0.149. The number of carboxylic acid groups (broad SMARTS) is 1. The molecule has 1 aromatic rings. The molecule has 0 bridgehead atoms. The van der Waals surface area contributed by atoms with Gasteiger partial charge in [-0.2, -0.15) is 0 Å². The molecule has 1 atom stereocenters. The predicted molar refractivity (Wildman–Crippen MR) is 91.5 cm³/mol. The Morgan fingerprint density at radius 3 is 2.54 bits per heavy atom.